The smallest absolute Gasteiger partial charge is 0.295 e. The Morgan fingerprint density at radius 1 is 1.21 bits per heavy atom. The zero-order valence-corrected chi connectivity index (χ0v) is 19.9. The van der Waals surface area contributed by atoms with Gasteiger partial charge < -0.3 is 24.4 Å². The molecule has 4 rings (SSSR count). The first kappa shape index (κ1) is 23.5. The Labute approximate surface area is 198 Å². The molecule has 2 aromatic rings. The van der Waals surface area contributed by atoms with Crippen LogP contribution in [0.25, 0.3) is 5.76 Å². The van der Waals surface area contributed by atoms with Crippen molar-refractivity contribution in [3.05, 3.63) is 57.8 Å². The number of benzene rings is 1. The molecule has 0 bridgehead atoms. The number of nitrogens with zero attached hydrogens (tertiary/aromatic N) is 1. The quantitative estimate of drug-likeness (QED) is 0.353. The molecule has 0 spiro atoms. The predicted octanol–water partition coefficient (Wildman–Crippen LogP) is 0.922. The Morgan fingerprint density at radius 3 is 2.58 bits per heavy atom. The number of rotatable bonds is 8. The second kappa shape index (κ2) is 10.5. The Hall–Kier alpha value is -2.68. The number of carbonyl (C=O) groups is 2. The van der Waals surface area contributed by atoms with Crippen LogP contribution in [0.3, 0.4) is 0 Å². The van der Waals surface area contributed by atoms with E-state index in [1.807, 2.05) is 17.5 Å². The van der Waals surface area contributed by atoms with Gasteiger partial charge in [0, 0.05) is 10.5 Å². The summed E-state index contributed by atoms with van der Waals surface area (Å²) in [4.78, 5) is 29.8. The number of hydrogen-bond acceptors (Lipinski definition) is 6. The highest BCUT2D eigenvalue weighted by atomic mass is 32.1. The summed E-state index contributed by atoms with van der Waals surface area (Å²) in [5.41, 5.74) is 0.417. The SMILES string of the molecule is CC(C)COc1ccc(/C([O-])=C2\C(=O)C(=O)N(CC[NH+]3CCOCC3)C2c2cccs2)cc1. The third kappa shape index (κ3) is 5.29. The molecule has 0 radical (unpaired) electrons. The highest BCUT2D eigenvalue weighted by Crippen LogP contribution is 2.40. The standard InChI is InChI=1S/C25H30N2O5S/c1-17(2)16-32-19-7-5-18(6-8-19)23(28)21-22(20-4-3-15-33-20)27(25(30)24(21)29)10-9-26-11-13-31-14-12-26/h3-8,15,17,22,28H,9-14,16H2,1-2H3/b23-21+. The molecule has 1 unspecified atom stereocenters. The molecule has 2 fully saturated rings. The molecular weight excluding hydrogens is 440 g/mol. The fourth-order valence-corrected chi connectivity index (χ4v) is 5.00. The molecule has 2 aliphatic rings. The van der Waals surface area contributed by atoms with Gasteiger partial charge in [0.1, 0.15) is 18.8 Å². The van der Waals surface area contributed by atoms with Crippen molar-refractivity contribution in [3.63, 3.8) is 0 Å². The number of nitrogens with one attached hydrogen (secondary N) is 1. The topological polar surface area (TPSA) is 83.3 Å². The number of amides is 1. The molecule has 8 heteroatoms. The summed E-state index contributed by atoms with van der Waals surface area (Å²) in [5.74, 6) is -0.634. The van der Waals surface area contributed by atoms with Gasteiger partial charge in [0.2, 0.25) is 5.78 Å². The lowest BCUT2D eigenvalue weighted by atomic mass is 10.00. The maximum Gasteiger partial charge on any atom is 0.295 e. The van der Waals surface area contributed by atoms with E-state index in [1.54, 1.807) is 29.2 Å². The van der Waals surface area contributed by atoms with Crippen molar-refractivity contribution in [2.24, 2.45) is 5.92 Å². The van der Waals surface area contributed by atoms with Crippen LogP contribution in [0.15, 0.2) is 47.4 Å². The average molecular weight is 471 g/mol. The lowest BCUT2D eigenvalue weighted by molar-refractivity contribution is -0.907. The van der Waals surface area contributed by atoms with E-state index in [0.717, 1.165) is 18.0 Å². The van der Waals surface area contributed by atoms with Crippen molar-refractivity contribution < 1.29 is 29.1 Å². The highest BCUT2D eigenvalue weighted by Gasteiger charge is 2.44. The number of thiophene rings is 1. The normalized spacial score (nSPS) is 21.2. The molecule has 33 heavy (non-hydrogen) atoms. The van der Waals surface area contributed by atoms with E-state index in [-0.39, 0.29) is 5.57 Å². The minimum absolute atomic E-state index is 0.0373. The van der Waals surface area contributed by atoms with Gasteiger partial charge in [0.05, 0.1) is 39.0 Å². The molecule has 3 heterocycles. The summed E-state index contributed by atoms with van der Waals surface area (Å²) in [6.45, 7) is 8.99. The van der Waals surface area contributed by atoms with E-state index in [1.165, 1.54) is 16.2 Å². The fourth-order valence-electron chi connectivity index (χ4n) is 4.15. The third-order valence-electron chi connectivity index (χ3n) is 5.95. The van der Waals surface area contributed by atoms with E-state index in [9.17, 15) is 14.7 Å². The van der Waals surface area contributed by atoms with E-state index in [0.29, 0.717) is 50.1 Å². The monoisotopic (exact) mass is 470 g/mol. The van der Waals surface area contributed by atoms with E-state index in [4.69, 9.17) is 9.47 Å². The van der Waals surface area contributed by atoms with Crippen LogP contribution in [0.2, 0.25) is 0 Å². The summed E-state index contributed by atoms with van der Waals surface area (Å²) < 4.78 is 11.1. The van der Waals surface area contributed by atoms with Gasteiger partial charge in [-0.15, -0.1) is 11.3 Å². The van der Waals surface area contributed by atoms with E-state index in [2.05, 4.69) is 13.8 Å². The van der Waals surface area contributed by atoms with Gasteiger partial charge in [-0.05, 0) is 35.1 Å². The van der Waals surface area contributed by atoms with Crippen molar-refractivity contribution in [1.82, 2.24) is 4.90 Å². The van der Waals surface area contributed by atoms with E-state index >= 15 is 0 Å². The fraction of sp³-hybridized carbons (Fsp3) is 0.440. The van der Waals surface area contributed by atoms with Gasteiger partial charge >= 0.3 is 0 Å². The van der Waals surface area contributed by atoms with Gasteiger partial charge in [-0.2, -0.15) is 0 Å². The van der Waals surface area contributed by atoms with Crippen molar-refractivity contribution in [2.45, 2.75) is 19.9 Å². The summed E-state index contributed by atoms with van der Waals surface area (Å²) in [6.07, 6.45) is 0. The number of Topliss-reactive ketones (excluding diaryl/α,β-unsaturated/α-hetero) is 1. The molecule has 1 amide bonds. The first-order valence-electron chi connectivity index (χ1n) is 11.4. The third-order valence-corrected chi connectivity index (χ3v) is 6.87. The molecule has 2 saturated heterocycles. The molecule has 2 aliphatic heterocycles. The molecule has 1 aromatic carbocycles. The van der Waals surface area contributed by atoms with Crippen LogP contribution in [0, 0.1) is 5.92 Å². The summed E-state index contributed by atoms with van der Waals surface area (Å²) in [6, 6.07) is 9.90. The Kier molecular flexibility index (Phi) is 7.47. The molecule has 1 atom stereocenters. The van der Waals surface area contributed by atoms with E-state index < -0.39 is 23.5 Å². The lowest BCUT2D eigenvalue weighted by Gasteiger charge is -2.29. The molecule has 1 aromatic heterocycles. The summed E-state index contributed by atoms with van der Waals surface area (Å²) >= 11 is 1.45. The van der Waals surface area contributed by atoms with Crippen LogP contribution in [-0.2, 0) is 14.3 Å². The molecule has 0 saturated carbocycles. The van der Waals surface area contributed by atoms with Crippen LogP contribution in [0.1, 0.15) is 30.3 Å². The van der Waals surface area contributed by atoms with Gasteiger partial charge in [0.15, 0.2) is 0 Å². The molecule has 176 valence electrons. The first-order chi connectivity index (χ1) is 16.0. The second-order valence-corrected chi connectivity index (χ2v) is 9.81. The zero-order chi connectivity index (χ0) is 23.4. The van der Waals surface area contributed by atoms with Crippen LogP contribution < -0.4 is 14.7 Å². The van der Waals surface area contributed by atoms with Gasteiger partial charge in [-0.1, -0.05) is 37.8 Å². The van der Waals surface area contributed by atoms with Gasteiger partial charge in [-0.25, -0.2) is 0 Å². The average Bonchev–Trinajstić information content (AvgIpc) is 3.44. The first-order valence-corrected chi connectivity index (χ1v) is 12.3. The molecular formula is C25H30N2O5S. The van der Waals surface area contributed by atoms with Crippen molar-refractivity contribution in [3.8, 4) is 5.75 Å². The minimum atomic E-state index is -0.699. The van der Waals surface area contributed by atoms with Crippen LogP contribution in [0.5, 0.6) is 5.75 Å². The maximum absolute atomic E-state index is 13.4. The molecule has 1 N–H and O–H groups in total. The predicted molar refractivity (Wildman–Crippen MR) is 124 cm³/mol. The number of ketones is 1. The second-order valence-electron chi connectivity index (χ2n) is 8.83. The Morgan fingerprint density at radius 2 is 1.94 bits per heavy atom. The van der Waals surface area contributed by atoms with Gasteiger partial charge in [-0.3, -0.25) is 9.59 Å². The summed E-state index contributed by atoms with van der Waals surface area (Å²) in [7, 11) is 0. The molecule has 7 nitrogen and oxygen atoms in total. The number of hydrogen-bond donors (Lipinski definition) is 1. The largest absolute Gasteiger partial charge is 0.872 e. The number of morpholine rings is 1. The molecule has 0 aliphatic carbocycles. The van der Waals surface area contributed by atoms with Crippen molar-refractivity contribution >= 4 is 28.8 Å². The maximum atomic E-state index is 13.4. The van der Waals surface area contributed by atoms with Crippen molar-refractivity contribution in [2.75, 3.05) is 46.0 Å². The number of likely N-dealkylation sites (tertiary alicyclic amines) is 1. The Bertz CT molecular complexity index is 994. The van der Waals surface area contributed by atoms with Crippen molar-refractivity contribution in [1.29, 1.82) is 0 Å². The number of quaternary nitrogens is 1. The van der Waals surface area contributed by atoms with Crippen LogP contribution in [-0.4, -0.2) is 62.6 Å². The van der Waals surface area contributed by atoms with Crippen LogP contribution >= 0.6 is 11.3 Å². The highest BCUT2D eigenvalue weighted by molar-refractivity contribution is 7.10. The Balaban J connectivity index is 1.61. The number of carbonyl (C=O) groups excluding carboxylic acids is 2. The minimum Gasteiger partial charge on any atom is -0.872 e. The summed E-state index contributed by atoms with van der Waals surface area (Å²) in [5, 5.41) is 15.3. The number of ether oxygens (including phenoxy) is 2. The van der Waals surface area contributed by atoms with Gasteiger partial charge in [0.25, 0.3) is 5.91 Å². The van der Waals surface area contributed by atoms with Crippen LogP contribution in [0.4, 0.5) is 0 Å². The lowest BCUT2D eigenvalue weighted by Crippen LogP contribution is -3.14. The zero-order valence-electron chi connectivity index (χ0n) is 19.0.